The van der Waals surface area contributed by atoms with Crippen LogP contribution in [0.2, 0.25) is 0 Å². The van der Waals surface area contributed by atoms with Crippen molar-refractivity contribution in [1.82, 2.24) is 5.32 Å². The molecular weight excluding hydrogens is 310 g/mol. The molecule has 0 aliphatic heterocycles. The highest BCUT2D eigenvalue weighted by Crippen LogP contribution is 2.14. The Morgan fingerprint density at radius 3 is 2.39 bits per heavy atom. The van der Waals surface area contributed by atoms with Gasteiger partial charge in [-0.3, -0.25) is 4.79 Å². The lowest BCUT2D eigenvalue weighted by Gasteiger charge is -2.07. The van der Waals surface area contributed by atoms with Gasteiger partial charge in [-0.25, -0.2) is 4.79 Å². The normalized spacial score (nSPS) is 10.3. The molecule has 0 unspecified atom stereocenters. The van der Waals surface area contributed by atoms with Crippen molar-refractivity contribution in [3.63, 3.8) is 0 Å². The maximum absolute atomic E-state index is 11.8. The van der Waals surface area contributed by atoms with Crippen molar-refractivity contribution in [2.75, 3.05) is 17.2 Å². The molecule has 3 amide bonds. The average Bonchev–Trinajstić information content (AvgIpc) is 3.06. The number of amides is 3. The fourth-order valence-electron chi connectivity index (χ4n) is 1.70. The molecule has 0 bridgehead atoms. The van der Waals surface area contributed by atoms with Crippen LogP contribution in [0.3, 0.4) is 0 Å². The Morgan fingerprint density at radius 1 is 1.09 bits per heavy atom. The van der Waals surface area contributed by atoms with Gasteiger partial charge in [-0.15, -0.1) is 17.9 Å². The van der Waals surface area contributed by atoms with Gasteiger partial charge in [-0.2, -0.15) is 0 Å². The Morgan fingerprint density at radius 2 is 1.78 bits per heavy atom. The fraction of sp³-hybridized carbons (Fsp3) is 0.0588. The summed E-state index contributed by atoms with van der Waals surface area (Å²) in [7, 11) is 0. The van der Waals surface area contributed by atoms with Gasteiger partial charge >= 0.3 is 6.03 Å². The lowest BCUT2D eigenvalue weighted by molar-refractivity contribution is -0.111. The summed E-state index contributed by atoms with van der Waals surface area (Å²) < 4.78 is 0. The monoisotopic (exact) mass is 327 g/mol. The number of nitrogens with one attached hydrogen (secondary N) is 3. The van der Waals surface area contributed by atoms with E-state index in [1.54, 1.807) is 47.8 Å². The summed E-state index contributed by atoms with van der Waals surface area (Å²) in [5.41, 5.74) is 1.29. The Hall–Kier alpha value is -2.86. The number of hydrogen-bond acceptors (Lipinski definition) is 3. The average molecular weight is 327 g/mol. The van der Waals surface area contributed by atoms with Crippen LogP contribution in [0.1, 0.15) is 4.88 Å². The van der Waals surface area contributed by atoms with E-state index in [1.165, 1.54) is 6.08 Å². The number of carbonyl (C=O) groups is 2. The first-order valence-electron chi connectivity index (χ1n) is 6.96. The molecule has 1 aromatic heterocycles. The molecule has 118 valence electrons. The zero-order chi connectivity index (χ0) is 16.5. The minimum absolute atomic E-state index is 0.206. The molecule has 0 saturated carbocycles. The Kier molecular flexibility index (Phi) is 6.14. The number of carbonyl (C=O) groups excluding carboxylic acids is 2. The third kappa shape index (κ3) is 5.80. The molecule has 0 aliphatic rings. The maximum Gasteiger partial charge on any atom is 0.319 e. The molecule has 6 heteroatoms. The van der Waals surface area contributed by atoms with Gasteiger partial charge in [0.1, 0.15) is 0 Å². The van der Waals surface area contributed by atoms with Crippen LogP contribution >= 0.6 is 11.3 Å². The van der Waals surface area contributed by atoms with Crippen LogP contribution in [0.4, 0.5) is 16.2 Å². The van der Waals surface area contributed by atoms with Crippen molar-refractivity contribution >= 4 is 40.7 Å². The predicted octanol–water partition coefficient (Wildman–Crippen LogP) is 3.71. The Labute approximate surface area is 138 Å². The molecule has 1 aromatic carbocycles. The molecule has 0 fully saturated rings. The lowest BCUT2D eigenvalue weighted by atomic mass is 10.2. The van der Waals surface area contributed by atoms with Gasteiger partial charge in [-0.1, -0.05) is 12.1 Å². The summed E-state index contributed by atoms with van der Waals surface area (Å²) in [6, 6.07) is 10.4. The largest absolute Gasteiger partial charge is 0.334 e. The highest BCUT2D eigenvalue weighted by Gasteiger charge is 2.01. The second-order valence-corrected chi connectivity index (χ2v) is 5.52. The van der Waals surface area contributed by atoms with E-state index in [-0.39, 0.29) is 11.9 Å². The quantitative estimate of drug-likeness (QED) is 0.559. The van der Waals surface area contributed by atoms with Crippen LogP contribution in [-0.4, -0.2) is 18.5 Å². The van der Waals surface area contributed by atoms with Gasteiger partial charge in [0.25, 0.3) is 0 Å². The van der Waals surface area contributed by atoms with Gasteiger partial charge in [0.15, 0.2) is 0 Å². The van der Waals surface area contributed by atoms with E-state index >= 15 is 0 Å². The molecule has 0 radical (unpaired) electrons. The van der Waals surface area contributed by atoms with Crippen molar-refractivity contribution in [2.24, 2.45) is 0 Å². The van der Waals surface area contributed by atoms with E-state index in [9.17, 15) is 9.59 Å². The molecule has 5 nitrogen and oxygen atoms in total. The van der Waals surface area contributed by atoms with Crippen molar-refractivity contribution < 1.29 is 9.59 Å². The van der Waals surface area contributed by atoms with Crippen LogP contribution in [0.5, 0.6) is 0 Å². The second-order valence-electron chi connectivity index (χ2n) is 4.54. The van der Waals surface area contributed by atoms with E-state index in [1.807, 2.05) is 17.5 Å². The molecule has 0 saturated heterocycles. The van der Waals surface area contributed by atoms with E-state index in [4.69, 9.17) is 0 Å². The zero-order valence-corrected chi connectivity index (χ0v) is 13.2. The summed E-state index contributed by atoms with van der Waals surface area (Å²) in [4.78, 5) is 24.3. The standard InChI is InChI=1S/C17H17N3O2S/c1-2-11-18-17(22)20-14-7-5-13(6-8-14)19-16(21)10-9-15-4-3-12-23-15/h2-10,12H,1,11H2,(H,19,21)(H2,18,20,22)/b10-9+. The Balaban J connectivity index is 1.85. The number of benzene rings is 1. The molecule has 2 aromatic rings. The summed E-state index contributed by atoms with van der Waals surface area (Å²) in [6.45, 7) is 3.92. The SMILES string of the molecule is C=CCNC(=O)Nc1ccc(NC(=O)/C=C/c2cccs2)cc1. The van der Waals surface area contributed by atoms with Crippen LogP contribution in [0.25, 0.3) is 6.08 Å². The molecule has 0 spiro atoms. The zero-order valence-electron chi connectivity index (χ0n) is 12.4. The van der Waals surface area contributed by atoms with Crippen molar-refractivity contribution in [3.8, 4) is 0 Å². The van der Waals surface area contributed by atoms with Crippen molar-refractivity contribution in [2.45, 2.75) is 0 Å². The molecule has 2 rings (SSSR count). The molecule has 0 aliphatic carbocycles. The van der Waals surface area contributed by atoms with Gasteiger partial charge in [-0.05, 0) is 41.8 Å². The second kappa shape index (κ2) is 8.55. The van der Waals surface area contributed by atoms with Crippen molar-refractivity contribution in [3.05, 3.63) is 65.4 Å². The first-order chi connectivity index (χ1) is 11.2. The summed E-state index contributed by atoms with van der Waals surface area (Å²) in [5, 5.41) is 10.00. The fourth-order valence-corrected chi connectivity index (χ4v) is 2.32. The number of hydrogen-bond donors (Lipinski definition) is 3. The highest BCUT2D eigenvalue weighted by atomic mass is 32.1. The van der Waals surface area contributed by atoms with Gasteiger partial charge in [0.2, 0.25) is 5.91 Å². The van der Waals surface area contributed by atoms with Crippen molar-refractivity contribution in [1.29, 1.82) is 0 Å². The first-order valence-corrected chi connectivity index (χ1v) is 7.84. The molecule has 0 atom stereocenters. The molecule has 23 heavy (non-hydrogen) atoms. The third-order valence-corrected chi connectivity index (χ3v) is 3.60. The van der Waals surface area contributed by atoms with Gasteiger partial charge < -0.3 is 16.0 Å². The van der Waals surface area contributed by atoms with E-state index in [0.29, 0.717) is 17.9 Å². The van der Waals surface area contributed by atoms with Crippen LogP contribution in [-0.2, 0) is 4.79 Å². The molecule has 3 N–H and O–H groups in total. The van der Waals surface area contributed by atoms with Gasteiger partial charge in [0.05, 0.1) is 0 Å². The number of urea groups is 1. The lowest BCUT2D eigenvalue weighted by Crippen LogP contribution is -2.28. The minimum atomic E-state index is -0.305. The first kappa shape index (κ1) is 16.5. The Bertz CT molecular complexity index is 691. The van der Waals surface area contributed by atoms with Crippen LogP contribution in [0, 0.1) is 0 Å². The summed E-state index contributed by atoms with van der Waals surface area (Å²) in [5.74, 6) is -0.206. The number of thiophene rings is 1. The maximum atomic E-state index is 11.8. The van der Waals surface area contributed by atoms with Gasteiger partial charge in [0, 0.05) is 28.9 Å². The predicted molar refractivity (Wildman–Crippen MR) is 95.6 cm³/mol. The summed E-state index contributed by atoms with van der Waals surface area (Å²) in [6.07, 6.45) is 4.85. The highest BCUT2D eigenvalue weighted by molar-refractivity contribution is 7.10. The molecular formula is C17H17N3O2S. The molecule has 1 heterocycles. The summed E-state index contributed by atoms with van der Waals surface area (Å²) >= 11 is 1.57. The third-order valence-electron chi connectivity index (χ3n) is 2.76. The van der Waals surface area contributed by atoms with Crippen LogP contribution < -0.4 is 16.0 Å². The number of rotatable bonds is 6. The smallest absolute Gasteiger partial charge is 0.319 e. The van der Waals surface area contributed by atoms with E-state index < -0.39 is 0 Å². The topological polar surface area (TPSA) is 70.2 Å². The minimum Gasteiger partial charge on any atom is -0.334 e. The van der Waals surface area contributed by atoms with Crippen LogP contribution in [0.15, 0.2) is 60.5 Å². The van der Waals surface area contributed by atoms with E-state index in [2.05, 4.69) is 22.5 Å². The van der Waals surface area contributed by atoms with E-state index in [0.717, 1.165) is 4.88 Å². The number of anilines is 2.